The van der Waals surface area contributed by atoms with Crippen LogP contribution in [0.5, 0.6) is 0 Å². The number of ketones is 1. The molecule has 0 N–H and O–H groups in total. The van der Waals surface area contributed by atoms with Crippen LogP contribution in [-0.2, 0) is 0 Å². The van der Waals surface area contributed by atoms with Crippen molar-refractivity contribution in [1.82, 2.24) is 0 Å². The molecule has 0 saturated heterocycles. The number of fused-ring (bicyclic) bond motifs is 1. The number of carbonyl (C=O) groups excluding carboxylic acids is 1. The molecule has 102 valence electrons. The van der Waals surface area contributed by atoms with Crippen molar-refractivity contribution in [2.45, 2.75) is 12.1 Å². The van der Waals surface area contributed by atoms with Crippen LogP contribution in [-0.4, -0.2) is 17.9 Å². The van der Waals surface area contributed by atoms with Crippen molar-refractivity contribution in [2.24, 2.45) is 0 Å². The van der Waals surface area contributed by atoms with E-state index in [0.29, 0.717) is 0 Å². The summed E-state index contributed by atoms with van der Waals surface area (Å²) in [5, 5.41) is 0.167. The Labute approximate surface area is 107 Å². The lowest BCUT2D eigenvalue weighted by Gasteiger charge is -2.16. The van der Waals surface area contributed by atoms with Crippen molar-refractivity contribution in [3.8, 4) is 0 Å². The quantitative estimate of drug-likeness (QED) is 0.605. The summed E-state index contributed by atoms with van der Waals surface area (Å²) in [6.07, 6.45) is -5.98. The van der Waals surface area contributed by atoms with Crippen LogP contribution in [0.4, 0.5) is 22.0 Å². The zero-order valence-electron chi connectivity index (χ0n) is 8.89. The van der Waals surface area contributed by atoms with Gasteiger partial charge in [0.15, 0.2) is 11.3 Å². The lowest BCUT2D eigenvalue weighted by Crippen LogP contribution is -2.43. The van der Waals surface area contributed by atoms with Gasteiger partial charge in [0.2, 0.25) is 0 Å². The number of carbonyl (C=O) groups is 1. The van der Waals surface area contributed by atoms with Gasteiger partial charge in [-0.25, -0.2) is 0 Å². The van der Waals surface area contributed by atoms with E-state index in [9.17, 15) is 26.7 Å². The molecule has 2 rings (SSSR count). The summed E-state index contributed by atoms with van der Waals surface area (Å²) in [5.74, 6) is -9.05. The molecule has 0 saturated carbocycles. The van der Waals surface area contributed by atoms with Gasteiger partial charge in [-0.3, -0.25) is 4.79 Å². The standard InChI is InChI=1S/C11H4ClF5O2/c12-6-3-1-2-5-4-7(19-8(5)6)9(18)10(13,14)11(15,16)17/h1-4H. The smallest absolute Gasteiger partial charge is 0.451 e. The lowest BCUT2D eigenvalue weighted by atomic mass is 10.1. The third-order valence-electron chi connectivity index (χ3n) is 2.36. The van der Waals surface area contributed by atoms with Gasteiger partial charge in [0.25, 0.3) is 5.78 Å². The number of halogens is 6. The number of benzene rings is 1. The number of para-hydroxylation sites is 1. The van der Waals surface area contributed by atoms with Crippen molar-refractivity contribution in [2.75, 3.05) is 0 Å². The zero-order valence-corrected chi connectivity index (χ0v) is 9.65. The number of alkyl halides is 5. The van der Waals surface area contributed by atoms with E-state index in [2.05, 4.69) is 4.42 Å². The van der Waals surface area contributed by atoms with Crippen molar-refractivity contribution in [3.63, 3.8) is 0 Å². The van der Waals surface area contributed by atoms with Gasteiger partial charge < -0.3 is 4.42 Å². The topological polar surface area (TPSA) is 30.2 Å². The molecule has 0 unspecified atom stereocenters. The minimum absolute atomic E-state index is 0.00637. The van der Waals surface area contributed by atoms with Gasteiger partial charge >= 0.3 is 12.1 Å². The normalized spacial score (nSPS) is 12.9. The molecule has 1 aromatic heterocycles. The Hall–Kier alpha value is -1.63. The third kappa shape index (κ3) is 2.18. The number of hydrogen-bond donors (Lipinski definition) is 0. The molecule has 0 amide bonds. The van der Waals surface area contributed by atoms with Crippen LogP contribution in [0.25, 0.3) is 11.0 Å². The average molecular weight is 299 g/mol. The third-order valence-corrected chi connectivity index (χ3v) is 2.66. The van der Waals surface area contributed by atoms with Crippen LogP contribution in [0.3, 0.4) is 0 Å². The fourth-order valence-electron chi connectivity index (χ4n) is 1.42. The first-order valence-electron chi connectivity index (χ1n) is 4.82. The minimum Gasteiger partial charge on any atom is -0.451 e. The number of hydrogen-bond acceptors (Lipinski definition) is 2. The SMILES string of the molecule is O=C(c1cc2cccc(Cl)c2o1)C(F)(F)C(F)(F)F. The fraction of sp³-hybridized carbons (Fsp3) is 0.182. The van der Waals surface area contributed by atoms with Crippen LogP contribution in [0.15, 0.2) is 28.7 Å². The molecule has 0 spiro atoms. The number of Topliss-reactive ketones (excluding diaryl/α,β-unsaturated/α-hetero) is 1. The van der Waals surface area contributed by atoms with Crippen LogP contribution in [0.1, 0.15) is 10.6 Å². The summed E-state index contributed by atoms with van der Waals surface area (Å²) in [6, 6.07) is 4.95. The molecule has 0 fully saturated rings. The molecule has 1 heterocycles. The minimum atomic E-state index is -5.98. The molecule has 0 aliphatic rings. The van der Waals surface area contributed by atoms with E-state index in [1.165, 1.54) is 18.2 Å². The lowest BCUT2D eigenvalue weighted by molar-refractivity contribution is -0.256. The van der Waals surface area contributed by atoms with Crippen LogP contribution >= 0.6 is 11.6 Å². The van der Waals surface area contributed by atoms with Crippen molar-refractivity contribution in [1.29, 1.82) is 0 Å². The zero-order chi connectivity index (χ0) is 14.4. The van der Waals surface area contributed by atoms with Gasteiger partial charge in [-0.15, -0.1) is 0 Å². The Morgan fingerprint density at radius 2 is 1.79 bits per heavy atom. The molecule has 0 aliphatic carbocycles. The Morgan fingerprint density at radius 3 is 2.32 bits per heavy atom. The average Bonchev–Trinajstić information content (AvgIpc) is 2.71. The maximum atomic E-state index is 12.9. The molecule has 0 bridgehead atoms. The maximum Gasteiger partial charge on any atom is 0.461 e. The Balaban J connectivity index is 2.51. The molecule has 1 aromatic carbocycles. The maximum absolute atomic E-state index is 12.9. The predicted molar refractivity (Wildman–Crippen MR) is 56.6 cm³/mol. The molecule has 8 heteroatoms. The highest BCUT2D eigenvalue weighted by molar-refractivity contribution is 6.34. The van der Waals surface area contributed by atoms with Crippen LogP contribution < -0.4 is 0 Å². The molecular weight excluding hydrogens is 295 g/mol. The van der Waals surface area contributed by atoms with Crippen molar-refractivity contribution in [3.05, 3.63) is 35.0 Å². The second kappa shape index (κ2) is 4.19. The summed E-state index contributed by atoms with van der Waals surface area (Å²) in [6.45, 7) is 0. The molecule has 0 atom stereocenters. The first-order chi connectivity index (χ1) is 8.64. The van der Waals surface area contributed by atoms with E-state index < -0.39 is 23.6 Å². The first kappa shape index (κ1) is 13.8. The van der Waals surface area contributed by atoms with E-state index in [1.807, 2.05) is 0 Å². The van der Waals surface area contributed by atoms with E-state index >= 15 is 0 Å². The second-order valence-corrected chi connectivity index (χ2v) is 4.08. The highest BCUT2D eigenvalue weighted by Crippen LogP contribution is 2.39. The van der Waals surface area contributed by atoms with Crippen molar-refractivity contribution < 1.29 is 31.2 Å². The van der Waals surface area contributed by atoms with E-state index in [-0.39, 0.29) is 16.0 Å². The van der Waals surface area contributed by atoms with E-state index in [4.69, 9.17) is 11.6 Å². The van der Waals surface area contributed by atoms with Gasteiger partial charge in [-0.1, -0.05) is 23.7 Å². The molecule has 2 aromatic rings. The van der Waals surface area contributed by atoms with Gasteiger partial charge in [-0.05, 0) is 12.1 Å². The first-order valence-corrected chi connectivity index (χ1v) is 5.20. The fourth-order valence-corrected chi connectivity index (χ4v) is 1.64. The molecule has 19 heavy (non-hydrogen) atoms. The summed E-state index contributed by atoms with van der Waals surface area (Å²) in [5.41, 5.74) is -0.120. The summed E-state index contributed by atoms with van der Waals surface area (Å²) in [7, 11) is 0. The molecule has 0 aliphatic heterocycles. The molecular formula is C11H4ClF5O2. The summed E-state index contributed by atoms with van der Waals surface area (Å²) >= 11 is 5.66. The van der Waals surface area contributed by atoms with Gasteiger partial charge in [0, 0.05) is 5.39 Å². The van der Waals surface area contributed by atoms with Crippen LogP contribution in [0.2, 0.25) is 5.02 Å². The highest BCUT2D eigenvalue weighted by Gasteiger charge is 2.64. The van der Waals surface area contributed by atoms with Crippen molar-refractivity contribution >= 4 is 28.4 Å². The Kier molecular flexibility index (Phi) is 3.04. The summed E-state index contributed by atoms with van der Waals surface area (Å²) in [4.78, 5) is 11.2. The largest absolute Gasteiger partial charge is 0.461 e. The Bertz CT molecular complexity index is 644. The highest BCUT2D eigenvalue weighted by atomic mass is 35.5. The monoisotopic (exact) mass is 298 g/mol. The van der Waals surface area contributed by atoms with Crippen LogP contribution in [0, 0.1) is 0 Å². The van der Waals surface area contributed by atoms with Gasteiger partial charge in [0.05, 0.1) is 5.02 Å². The molecule has 0 radical (unpaired) electrons. The molecule has 2 nitrogen and oxygen atoms in total. The van der Waals surface area contributed by atoms with E-state index in [0.717, 1.165) is 6.07 Å². The van der Waals surface area contributed by atoms with Gasteiger partial charge in [0.1, 0.15) is 0 Å². The Morgan fingerprint density at radius 1 is 1.16 bits per heavy atom. The van der Waals surface area contributed by atoms with Gasteiger partial charge in [-0.2, -0.15) is 22.0 Å². The predicted octanol–water partition coefficient (Wildman–Crippen LogP) is 4.47. The van der Waals surface area contributed by atoms with E-state index in [1.54, 1.807) is 0 Å². The number of rotatable bonds is 2. The second-order valence-electron chi connectivity index (χ2n) is 3.67. The number of furan rings is 1. The summed E-state index contributed by atoms with van der Waals surface area (Å²) < 4.78 is 66.6.